The van der Waals surface area contributed by atoms with Crippen LogP contribution in [0, 0.1) is 12.7 Å². The predicted octanol–water partition coefficient (Wildman–Crippen LogP) is 5.06. The van der Waals surface area contributed by atoms with Gasteiger partial charge in [0.15, 0.2) is 5.70 Å². The topological polar surface area (TPSA) is 47.9 Å². The van der Waals surface area contributed by atoms with Gasteiger partial charge in [-0.15, -0.1) is 0 Å². The van der Waals surface area contributed by atoms with E-state index in [2.05, 4.69) is 4.99 Å². The minimum absolute atomic E-state index is 0.253. The van der Waals surface area contributed by atoms with Crippen molar-refractivity contribution in [2.45, 2.75) is 13.5 Å². The standard InChI is InChI=1S/C24H18FNO3/c1-16-4-2-3-5-21(16)23-26-22(24(27)29-23)14-17-8-12-20(13-9-17)28-15-18-6-10-19(25)11-7-18/h2-14H,15H2,1H3. The summed E-state index contributed by atoms with van der Waals surface area (Å²) in [5, 5.41) is 0. The lowest BCUT2D eigenvalue weighted by Crippen LogP contribution is -2.06. The molecule has 3 aromatic carbocycles. The molecule has 0 N–H and O–H groups in total. The maximum atomic E-state index is 12.9. The second-order valence-electron chi connectivity index (χ2n) is 6.64. The molecular formula is C24H18FNO3. The fourth-order valence-electron chi connectivity index (χ4n) is 2.90. The summed E-state index contributed by atoms with van der Waals surface area (Å²) in [6.07, 6.45) is 1.68. The Morgan fingerprint density at radius 3 is 2.45 bits per heavy atom. The van der Waals surface area contributed by atoms with Crippen molar-refractivity contribution in [3.63, 3.8) is 0 Å². The van der Waals surface area contributed by atoms with E-state index in [9.17, 15) is 9.18 Å². The zero-order valence-electron chi connectivity index (χ0n) is 15.8. The Labute approximate surface area is 167 Å². The van der Waals surface area contributed by atoms with Crippen molar-refractivity contribution in [3.05, 3.63) is 107 Å². The molecule has 4 rings (SSSR count). The van der Waals surface area contributed by atoms with Crippen LogP contribution < -0.4 is 4.74 Å². The number of carbonyl (C=O) groups excluding carboxylic acids is 1. The Morgan fingerprint density at radius 2 is 1.72 bits per heavy atom. The molecule has 144 valence electrons. The summed E-state index contributed by atoms with van der Waals surface area (Å²) in [7, 11) is 0. The molecule has 0 amide bonds. The van der Waals surface area contributed by atoms with Crippen LogP contribution in [-0.2, 0) is 16.1 Å². The highest BCUT2D eigenvalue weighted by atomic mass is 19.1. The first-order valence-electron chi connectivity index (χ1n) is 9.14. The average molecular weight is 387 g/mol. The van der Waals surface area contributed by atoms with Crippen molar-refractivity contribution in [1.82, 2.24) is 0 Å². The second-order valence-corrected chi connectivity index (χ2v) is 6.64. The van der Waals surface area contributed by atoms with Gasteiger partial charge >= 0.3 is 5.97 Å². The van der Waals surface area contributed by atoms with Gasteiger partial charge in [-0.3, -0.25) is 0 Å². The molecular weight excluding hydrogens is 369 g/mol. The summed E-state index contributed by atoms with van der Waals surface area (Å²) < 4.78 is 24.0. The lowest BCUT2D eigenvalue weighted by molar-refractivity contribution is -0.129. The molecule has 0 bridgehead atoms. The fraction of sp³-hybridized carbons (Fsp3) is 0.0833. The first-order valence-corrected chi connectivity index (χ1v) is 9.14. The number of rotatable bonds is 5. The zero-order valence-corrected chi connectivity index (χ0v) is 15.8. The lowest BCUT2D eigenvalue weighted by atomic mass is 10.1. The number of hydrogen-bond donors (Lipinski definition) is 0. The molecule has 0 spiro atoms. The predicted molar refractivity (Wildman–Crippen MR) is 109 cm³/mol. The van der Waals surface area contributed by atoms with E-state index in [1.165, 1.54) is 12.1 Å². The van der Waals surface area contributed by atoms with Gasteiger partial charge < -0.3 is 9.47 Å². The maximum absolute atomic E-state index is 12.9. The molecule has 0 aromatic heterocycles. The molecule has 5 heteroatoms. The second kappa shape index (κ2) is 8.10. The molecule has 29 heavy (non-hydrogen) atoms. The van der Waals surface area contributed by atoms with Crippen LogP contribution in [0.4, 0.5) is 4.39 Å². The number of nitrogens with zero attached hydrogens (tertiary/aromatic N) is 1. The van der Waals surface area contributed by atoms with Crippen LogP contribution in [0.15, 0.2) is 83.5 Å². The van der Waals surface area contributed by atoms with E-state index in [1.54, 1.807) is 18.2 Å². The Kier molecular flexibility index (Phi) is 5.20. The monoisotopic (exact) mass is 387 g/mol. The SMILES string of the molecule is Cc1ccccc1C1=NC(=Cc2ccc(OCc3ccc(F)cc3)cc2)C(=O)O1. The molecule has 0 saturated carbocycles. The quantitative estimate of drug-likeness (QED) is 0.454. The number of aliphatic imine (C=N–C) groups is 1. The third kappa shape index (κ3) is 4.41. The van der Waals surface area contributed by atoms with E-state index in [1.807, 2.05) is 55.5 Å². The summed E-state index contributed by atoms with van der Waals surface area (Å²) in [5.41, 5.74) is 3.73. The van der Waals surface area contributed by atoms with Crippen molar-refractivity contribution in [2.24, 2.45) is 4.99 Å². The molecule has 0 unspecified atom stereocenters. The number of benzene rings is 3. The van der Waals surface area contributed by atoms with Crippen LogP contribution in [0.5, 0.6) is 5.75 Å². The number of hydrogen-bond acceptors (Lipinski definition) is 4. The van der Waals surface area contributed by atoms with Crippen molar-refractivity contribution >= 4 is 17.9 Å². The number of cyclic esters (lactones) is 1. The first kappa shape index (κ1) is 18.6. The van der Waals surface area contributed by atoms with Gasteiger partial charge in [0, 0.05) is 5.56 Å². The van der Waals surface area contributed by atoms with E-state index in [-0.39, 0.29) is 11.5 Å². The Bertz CT molecular complexity index is 1100. The third-order valence-corrected chi connectivity index (χ3v) is 4.50. The summed E-state index contributed by atoms with van der Waals surface area (Å²) >= 11 is 0. The van der Waals surface area contributed by atoms with Crippen LogP contribution in [0.1, 0.15) is 22.3 Å². The zero-order chi connectivity index (χ0) is 20.2. The summed E-state index contributed by atoms with van der Waals surface area (Å²) in [4.78, 5) is 16.5. The number of halogens is 1. The molecule has 3 aromatic rings. The van der Waals surface area contributed by atoms with Crippen molar-refractivity contribution in [2.75, 3.05) is 0 Å². The number of aryl methyl sites for hydroxylation is 1. The molecule has 1 aliphatic rings. The van der Waals surface area contributed by atoms with Gasteiger partial charge in [-0.05, 0) is 60.0 Å². The van der Waals surface area contributed by atoms with E-state index >= 15 is 0 Å². The smallest absolute Gasteiger partial charge is 0.363 e. The van der Waals surface area contributed by atoms with E-state index < -0.39 is 5.97 Å². The van der Waals surface area contributed by atoms with Crippen LogP contribution in [0.3, 0.4) is 0 Å². The molecule has 0 radical (unpaired) electrons. The minimum Gasteiger partial charge on any atom is -0.489 e. The summed E-state index contributed by atoms with van der Waals surface area (Å²) in [5.74, 6) is 0.248. The number of ether oxygens (including phenoxy) is 2. The van der Waals surface area contributed by atoms with Gasteiger partial charge in [-0.2, -0.15) is 0 Å². The molecule has 0 fully saturated rings. The van der Waals surface area contributed by atoms with Crippen molar-refractivity contribution in [1.29, 1.82) is 0 Å². The summed E-state index contributed by atoms with van der Waals surface area (Å²) in [6, 6.07) is 21.1. The molecule has 0 atom stereocenters. The van der Waals surface area contributed by atoms with E-state index in [0.29, 0.717) is 18.3 Å². The number of carbonyl (C=O) groups is 1. The van der Waals surface area contributed by atoms with Gasteiger partial charge in [-0.25, -0.2) is 14.2 Å². The van der Waals surface area contributed by atoms with Crippen LogP contribution in [0.25, 0.3) is 6.08 Å². The van der Waals surface area contributed by atoms with E-state index in [4.69, 9.17) is 9.47 Å². The highest BCUT2D eigenvalue weighted by molar-refractivity contribution is 6.13. The van der Waals surface area contributed by atoms with Crippen LogP contribution in [-0.4, -0.2) is 11.9 Å². The molecule has 1 heterocycles. The molecule has 0 aliphatic carbocycles. The highest BCUT2D eigenvalue weighted by Crippen LogP contribution is 2.22. The Balaban J connectivity index is 1.46. The normalized spacial score (nSPS) is 14.6. The maximum Gasteiger partial charge on any atom is 0.363 e. The van der Waals surface area contributed by atoms with Gasteiger partial charge in [0.05, 0.1) is 0 Å². The molecule has 0 saturated heterocycles. The average Bonchev–Trinajstić information content (AvgIpc) is 3.09. The minimum atomic E-state index is -0.472. The summed E-state index contributed by atoms with van der Waals surface area (Å²) in [6.45, 7) is 2.29. The van der Waals surface area contributed by atoms with Crippen LogP contribution >= 0.6 is 0 Å². The third-order valence-electron chi connectivity index (χ3n) is 4.50. The van der Waals surface area contributed by atoms with Gasteiger partial charge in [0.2, 0.25) is 5.90 Å². The molecule has 4 nitrogen and oxygen atoms in total. The van der Waals surface area contributed by atoms with Gasteiger partial charge in [0.1, 0.15) is 18.2 Å². The Morgan fingerprint density at radius 1 is 1.00 bits per heavy atom. The first-order chi connectivity index (χ1) is 14.1. The largest absolute Gasteiger partial charge is 0.489 e. The lowest BCUT2D eigenvalue weighted by Gasteiger charge is -2.06. The van der Waals surface area contributed by atoms with Crippen molar-refractivity contribution in [3.8, 4) is 5.75 Å². The number of esters is 1. The van der Waals surface area contributed by atoms with Gasteiger partial charge in [0.25, 0.3) is 0 Å². The molecule has 1 aliphatic heterocycles. The fourth-order valence-corrected chi connectivity index (χ4v) is 2.90. The Hall–Kier alpha value is -3.73. The van der Waals surface area contributed by atoms with Crippen LogP contribution in [0.2, 0.25) is 0 Å². The van der Waals surface area contributed by atoms with Crippen molar-refractivity contribution < 1.29 is 18.7 Å². The highest BCUT2D eigenvalue weighted by Gasteiger charge is 2.24. The van der Waals surface area contributed by atoms with E-state index in [0.717, 1.165) is 22.3 Å². The van der Waals surface area contributed by atoms with Gasteiger partial charge in [-0.1, -0.05) is 42.5 Å².